The molecule has 1 aliphatic heterocycles. The Morgan fingerprint density at radius 2 is 1.57 bits per heavy atom. The first-order valence-electron chi connectivity index (χ1n) is 9.67. The fraction of sp³-hybridized carbons (Fsp3) is 0.304. The number of hydrogen-bond acceptors (Lipinski definition) is 3. The maximum atomic E-state index is 12.5. The number of benzene rings is 2. The zero-order valence-electron chi connectivity index (χ0n) is 16.2. The summed E-state index contributed by atoms with van der Waals surface area (Å²) in [5.41, 5.74) is 1.97. The van der Waals surface area contributed by atoms with Crippen LogP contribution >= 0.6 is 0 Å². The highest BCUT2D eigenvalue weighted by Crippen LogP contribution is 2.14. The molecule has 0 aromatic heterocycles. The number of ether oxygens (including phenoxy) is 1. The summed E-state index contributed by atoms with van der Waals surface area (Å²) in [7, 11) is 0. The standard InChI is InChI=1S/C23H26N2O3/c1-2-28-21-11-8-20(9-12-21)18-23(27)25-16-14-24(15-17-25)22(26)13-10-19-6-4-3-5-7-19/h3-13H,2,14-18H2,1H3/b13-10+. The van der Waals surface area contributed by atoms with E-state index in [-0.39, 0.29) is 11.8 Å². The van der Waals surface area contributed by atoms with E-state index in [1.165, 1.54) is 0 Å². The quantitative estimate of drug-likeness (QED) is 0.726. The molecule has 2 aromatic rings. The second-order valence-electron chi connectivity index (χ2n) is 6.70. The molecule has 5 nitrogen and oxygen atoms in total. The largest absolute Gasteiger partial charge is 0.494 e. The average molecular weight is 378 g/mol. The molecule has 0 aliphatic carbocycles. The van der Waals surface area contributed by atoms with Crippen LogP contribution in [0.15, 0.2) is 60.7 Å². The Labute approximate surface area is 166 Å². The predicted molar refractivity (Wildman–Crippen MR) is 110 cm³/mol. The van der Waals surface area contributed by atoms with Gasteiger partial charge in [-0.3, -0.25) is 9.59 Å². The molecule has 0 bridgehead atoms. The van der Waals surface area contributed by atoms with E-state index in [2.05, 4.69) is 0 Å². The maximum absolute atomic E-state index is 12.5. The number of carbonyl (C=O) groups excluding carboxylic acids is 2. The molecule has 0 atom stereocenters. The van der Waals surface area contributed by atoms with Crippen LogP contribution in [0.5, 0.6) is 5.75 Å². The molecule has 1 saturated heterocycles. The highest BCUT2D eigenvalue weighted by molar-refractivity contribution is 5.92. The molecular weight excluding hydrogens is 352 g/mol. The summed E-state index contributed by atoms with van der Waals surface area (Å²) in [5.74, 6) is 0.896. The summed E-state index contributed by atoms with van der Waals surface area (Å²) < 4.78 is 5.43. The lowest BCUT2D eigenvalue weighted by atomic mass is 10.1. The summed E-state index contributed by atoms with van der Waals surface area (Å²) in [5, 5.41) is 0. The van der Waals surface area contributed by atoms with Crippen LogP contribution in [0, 0.1) is 0 Å². The number of rotatable bonds is 6. The number of carbonyl (C=O) groups is 2. The third-order valence-electron chi connectivity index (χ3n) is 4.75. The molecule has 1 fully saturated rings. The number of amides is 2. The van der Waals surface area contributed by atoms with E-state index in [9.17, 15) is 9.59 Å². The lowest BCUT2D eigenvalue weighted by Gasteiger charge is -2.34. The van der Waals surface area contributed by atoms with Gasteiger partial charge >= 0.3 is 0 Å². The van der Waals surface area contributed by atoms with Gasteiger partial charge < -0.3 is 14.5 Å². The Bertz CT molecular complexity index is 808. The van der Waals surface area contributed by atoms with Gasteiger partial charge in [0.15, 0.2) is 0 Å². The van der Waals surface area contributed by atoms with E-state index < -0.39 is 0 Å². The number of nitrogens with zero attached hydrogens (tertiary/aromatic N) is 2. The van der Waals surface area contributed by atoms with E-state index in [0.717, 1.165) is 16.9 Å². The van der Waals surface area contributed by atoms with E-state index in [1.54, 1.807) is 11.0 Å². The minimum atomic E-state index is -0.0116. The van der Waals surface area contributed by atoms with Crippen molar-refractivity contribution in [3.63, 3.8) is 0 Å². The van der Waals surface area contributed by atoms with Gasteiger partial charge in [-0.05, 0) is 36.3 Å². The van der Waals surface area contributed by atoms with Crippen LogP contribution in [-0.2, 0) is 16.0 Å². The Morgan fingerprint density at radius 1 is 0.929 bits per heavy atom. The first kappa shape index (κ1) is 19.7. The van der Waals surface area contributed by atoms with Crippen LogP contribution < -0.4 is 4.74 Å². The fourth-order valence-electron chi connectivity index (χ4n) is 3.17. The van der Waals surface area contributed by atoms with Gasteiger partial charge in [-0.25, -0.2) is 0 Å². The van der Waals surface area contributed by atoms with Crippen LogP contribution in [0.2, 0.25) is 0 Å². The summed E-state index contributed by atoms with van der Waals surface area (Å²) in [6.45, 7) is 4.84. The van der Waals surface area contributed by atoms with E-state index >= 15 is 0 Å². The molecule has 0 radical (unpaired) electrons. The highest BCUT2D eigenvalue weighted by Gasteiger charge is 2.23. The molecule has 2 amide bonds. The molecule has 0 spiro atoms. The van der Waals surface area contributed by atoms with Crippen molar-refractivity contribution < 1.29 is 14.3 Å². The monoisotopic (exact) mass is 378 g/mol. The van der Waals surface area contributed by atoms with Crippen LogP contribution in [0.3, 0.4) is 0 Å². The summed E-state index contributed by atoms with van der Waals surface area (Å²) >= 11 is 0. The van der Waals surface area contributed by atoms with Crippen molar-refractivity contribution in [2.45, 2.75) is 13.3 Å². The number of hydrogen-bond donors (Lipinski definition) is 0. The van der Waals surface area contributed by atoms with Crippen molar-refractivity contribution in [3.05, 3.63) is 71.8 Å². The molecule has 2 aromatic carbocycles. The van der Waals surface area contributed by atoms with Gasteiger partial charge in [0, 0.05) is 32.3 Å². The van der Waals surface area contributed by atoms with Crippen LogP contribution in [0.4, 0.5) is 0 Å². The van der Waals surface area contributed by atoms with E-state index in [1.807, 2.05) is 72.5 Å². The van der Waals surface area contributed by atoms with Gasteiger partial charge in [0.05, 0.1) is 13.0 Å². The van der Waals surface area contributed by atoms with Crippen LogP contribution in [0.1, 0.15) is 18.1 Å². The van der Waals surface area contributed by atoms with Gasteiger partial charge in [-0.1, -0.05) is 42.5 Å². The third-order valence-corrected chi connectivity index (χ3v) is 4.75. The van der Waals surface area contributed by atoms with Crippen molar-refractivity contribution >= 4 is 17.9 Å². The first-order valence-corrected chi connectivity index (χ1v) is 9.67. The van der Waals surface area contributed by atoms with Crippen LogP contribution in [0.25, 0.3) is 6.08 Å². The van der Waals surface area contributed by atoms with E-state index in [0.29, 0.717) is 39.2 Å². The zero-order valence-corrected chi connectivity index (χ0v) is 16.2. The highest BCUT2D eigenvalue weighted by atomic mass is 16.5. The van der Waals surface area contributed by atoms with E-state index in [4.69, 9.17) is 4.74 Å². The molecule has 0 unspecified atom stereocenters. The first-order chi connectivity index (χ1) is 13.7. The molecule has 5 heteroatoms. The second-order valence-corrected chi connectivity index (χ2v) is 6.70. The summed E-state index contributed by atoms with van der Waals surface area (Å²) in [4.78, 5) is 28.5. The molecule has 1 aliphatic rings. The topological polar surface area (TPSA) is 49.9 Å². The lowest BCUT2D eigenvalue weighted by molar-refractivity contribution is -0.136. The van der Waals surface area contributed by atoms with Crippen molar-refractivity contribution in [3.8, 4) is 5.75 Å². The average Bonchev–Trinajstić information content (AvgIpc) is 2.74. The van der Waals surface area contributed by atoms with Crippen LogP contribution in [-0.4, -0.2) is 54.4 Å². The van der Waals surface area contributed by atoms with Crippen molar-refractivity contribution in [1.82, 2.24) is 9.80 Å². The van der Waals surface area contributed by atoms with Gasteiger partial charge in [-0.15, -0.1) is 0 Å². The Morgan fingerprint density at radius 3 is 2.21 bits per heavy atom. The zero-order chi connectivity index (χ0) is 19.8. The van der Waals surface area contributed by atoms with Gasteiger partial charge in [0.2, 0.25) is 11.8 Å². The minimum Gasteiger partial charge on any atom is -0.494 e. The lowest BCUT2D eigenvalue weighted by Crippen LogP contribution is -2.50. The summed E-state index contributed by atoms with van der Waals surface area (Å²) in [6, 6.07) is 17.4. The smallest absolute Gasteiger partial charge is 0.246 e. The van der Waals surface area contributed by atoms with Gasteiger partial charge in [-0.2, -0.15) is 0 Å². The molecular formula is C23H26N2O3. The second kappa shape index (κ2) is 9.74. The SMILES string of the molecule is CCOc1ccc(CC(=O)N2CCN(C(=O)/C=C/c3ccccc3)CC2)cc1. The van der Waals surface area contributed by atoms with Crippen molar-refractivity contribution in [2.75, 3.05) is 32.8 Å². The molecule has 3 rings (SSSR count). The fourth-order valence-corrected chi connectivity index (χ4v) is 3.17. The predicted octanol–water partition coefficient (Wildman–Crippen LogP) is 3.01. The molecule has 28 heavy (non-hydrogen) atoms. The Hall–Kier alpha value is -3.08. The normalized spacial score (nSPS) is 14.3. The van der Waals surface area contributed by atoms with Gasteiger partial charge in [0.25, 0.3) is 0 Å². The Kier molecular flexibility index (Phi) is 6.84. The molecule has 1 heterocycles. The van der Waals surface area contributed by atoms with Gasteiger partial charge in [0.1, 0.15) is 5.75 Å². The molecule has 0 saturated carbocycles. The maximum Gasteiger partial charge on any atom is 0.246 e. The van der Waals surface area contributed by atoms with Crippen molar-refractivity contribution in [2.24, 2.45) is 0 Å². The minimum absolute atomic E-state index is 0.0116. The summed E-state index contributed by atoms with van der Waals surface area (Å²) in [6.07, 6.45) is 3.80. The Balaban J connectivity index is 1.47. The van der Waals surface area contributed by atoms with Crippen molar-refractivity contribution in [1.29, 1.82) is 0 Å². The number of piperazine rings is 1. The third kappa shape index (κ3) is 5.46. The molecule has 0 N–H and O–H groups in total. The molecule has 146 valence electrons.